The van der Waals surface area contributed by atoms with Gasteiger partial charge in [0, 0.05) is 25.3 Å². The minimum Gasteiger partial charge on any atom is -0.370 e. The van der Waals surface area contributed by atoms with E-state index in [1.54, 1.807) is 0 Å². The van der Waals surface area contributed by atoms with E-state index in [0.717, 1.165) is 12.2 Å². The predicted molar refractivity (Wildman–Crippen MR) is 104 cm³/mol. The van der Waals surface area contributed by atoms with Crippen LogP contribution >= 0.6 is 0 Å². The molecule has 3 amide bonds. The average Bonchev–Trinajstić information content (AvgIpc) is 2.66. The quantitative estimate of drug-likeness (QED) is 0.654. The Hall–Kier alpha value is -3.09. The van der Waals surface area contributed by atoms with E-state index in [-0.39, 0.29) is 18.1 Å². The smallest absolute Gasteiger partial charge is 0.333 e. The topological polar surface area (TPSA) is 73.5 Å². The van der Waals surface area contributed by atoms with Crippen LogP contribution in [0.15, 0.2) is 48.5 Å². The zero-order valence-electron chi connectivity index (χ0n) is 15.6. The highest BCUT2D eigenvalue weighted by Crippen LogP contribution is 2.18. The molecule has 6 nitrogen and oxygen atoms in total. The average molecular weight is 372 g/mol. The number of hydrazine groups is 1. The molecule has 0 aliphatic heterocycles. The molecule has 0 bridgehead atoms. The van der Waals surface area contributed by atoms with E-state index in [1.165, 1.54) is 29.8 Å². The van der Waals surface area contributed by atoms with Gasteiger partial charge in [0.15, 0.2) is 0 Å². The number of para-hydroxylation sites is 1. The Bertz CT molecular complexity index is 765. The molecular weight excluding hydrogens is 347 g/mol. The van der Waals surface area contributed by atoms with Gasteiger partial charge in [0.05, 0.1) is 6.42 Å². The Balaban J connectivity index is 1.70. The summed E-state index contributed by atoms with van der Waals surface area (Å²) in [6.07, 6.45) is 0.0530. The maximum Gasteiger partial charge on any atom is 0.333 e. The predicted octanol–water partition coefficient (Wildman–Crippen LogP) is 2.53. The molecule has 0 fully saturated rings. The number of rotatable bonds is 7. The van der Waals surface area contributed by atoms with Crippen LogP contribution in [-0.4, -0.2) is 31.6 Å². The first-order valence-electron chi connectivity index (χ1n) is 8.87. The van der Waals surface area contributed by atoms with Crippen molar-refractivity contribution in [2.75, 3.05) is 24.5 Å². The van der Waals surface area contributed by atoms with Crippen molar-refractivity contribution in [1.82, 2.24) is 16.2 Å². The van der Waals surface area contributed by atoms with Gasteiger partial charge < -0.3 is 10.2 Å². The van der Waals surface area contributed by atoms with Gasteiger partial charge in [-0.05, 0) is 43.2 Å². The van der Waals surface area contributed by atoms with Crippen molar-refractivity contribution in [3.63, 3.8) is 0 Å². The molecule has 144 valence electrons. The highest BCUT2D eigenvalue weighted by Gasteiger charge is 2.08. The van der Waals surface area contributed by atoms with Crippen LogP contribution in [-0.2, 0) is 11.2 Å². The lowest BCUT2D eigenvalue weighted by molar-refractivity contribution is -0.121. The van der Waals surface area contributed by atoms with Crippen LogP contribution in [0, 0.1) is 12.7 Å². The molecule has 2 aromatic rings. The number of hydrogen-bond acceptors (Lipinski definition) is 3. The number of carbonyl (C=O) groups excluding carboxylic acids is 2. The molecule has 3 N–H and O–H groups in total. The van der Waals surface area contributed by atoms with E-state index in [2.05, 4.69) is 47.0 Å². The third-order valence-electron chi connectivity index (χ3n) is 4.10. The molecule has 0 radical (unpaired) electrons. The summed E-state index contributed by atoms with van der Waals surface area (Å²) >= 11 is 0. The fraction of sp³-hybridized carbons (Fsp3) is 0.300. The Morgan fingerprint density at radius 1 is 1.04 bits per heavy atom. The highest BCUT2D eigenvalue weighted by molar-refractivity contribution is 5.82. The van der Waals surface area contributed by atoms with E-state index in [0.29, 0.717) is 18.7 Å². The zero-order valence-corrected chi connectivity index (χ0v) is 15.6. The molecule has 0 atom stereocenters. The van der Waals surface area contributed by atoms with Gasteiger partial charge in [0.25, 0.3) is 0 Å². The summed E-state index contributed by atoms with van der Waals surface area (Å²) in [7, 11) is 0. The lowest BCUT2D eigenvalue weighted by atomic mass is 10.1. The summed E-state index contributed by atoms with van der Waals surface area (Å²) in [5.74, 6) is -0.740. The molecular formula is C20H25FN4O2. The lowest BCUT2D eigenvalue weighted by Gasteiger charge is -2.25. The Morgan fingerprint density at radius 3 is 2.41 bits per heavy atom. The molecule has 2 aromatic carbocycles. The van der Waals surface area contributed by atoms with Crippen LogP contribution in [0.1, 0.15) is 18.1 Å². The Labute approximate surface area is 158 Å². The first kappa shape index (κ1) is 20.2. The molecule has 7 heteroatoms. The number of urea groups is 1. The van der Waals surface area contributed by atoms with Crippen LogP contribution in [0.4, 0.5) is 14.9 Å². The number of anilines is 1. The maximum absolute atomic E-state index is 12.8. The van der Waals surface area contributed by atoms with Gasteiger partial charge in [0.2, 0.25) is 5.91 Å². The second kappa shape index (κ2) is 10.2. The van der Waals surface area contributed by atoms with E-state index in [4.69, 9.17) is 0 Å². The van der Waals surface area contributed by atoms with Gasteiger partial charge in [-0.25, -0.2) is 14.6 Å². The van der Waals surface area contributed by atoms with Crippen LogP contribution in [0.25, 0.3) is 0 Å². The van der Waals surface area contributed by atoms with Crippen LogP contribution in [0.3, 0.4) is 0 Å². The van der Waals surface area contributed by atoms with Crippen molar-refractivity contribution in [2.24, 2.45) is 0 Å². The SMILES string of the molecule is CCN(CCNC(=O)NNC(=O)Cc1ccc(F)cc1)c1ccccc1C. The molecule has 0 aliphatic carbocycles. The summed E-state index contributed by atoms with van der Waals surface area (Å²) < 4.78 is 12.8. The lowest BCUT2D eigenvalue weighted by Crippen LogP contribution is -2.48. The second-order valence-corrected chi connectivity index (χ2v) is 6.10. The fourth-order valence-electron chi connectivity index (χ4n) is 2.67. The minimum absolute atomic E-state index is 0.0530. The monoisotopic (exact) mass is 372 g/mol. The molecule has 0 aromatic heterocycles. The number of nitrogens with zero attached hydrogens (tertiary/aromatic N) is 1. The van der Waals surface area contributed by atoms with Crippen LogP contribution in [0.2, 0.25) is 0 Å². The summed E-state index contributed by atoms with van der Waals surface area (Å²) in [4.78, 5) is 25.8. The van der Waals surface area contributed by atoms with Gasteiger partial charge in [0.1, 0.15) is 5.82 Å². The molecule has 0 aliphatic rings. The number of halogens is 1. The van der Waals surface area contributed by atoms with Gasteiger partial charge in [-0.3, -0.25) is 10.2 Å². The fourth-order valence-corrected chi connectivity index (χ4v) is 2.67. The van der Waals surface area contributed by atoms with Crippen molar-refractivity contribution >= 4 is 17.6 Å². The molecule has 0 unspecified atom stereocenters. The summed E-state index contributed by atoms with van der Waals surface area (Å²) in [6, 6.07) is 13.2. The summed E-state index contributed by atoms with van der Waals surface area (Å²) in [6.45, 7) is 6.01. The normalized spacial score (nSPS) is 10.2. The largest absolute Gasteiger partial charge is 0.370 e. The van der Waals surface area contributed by atoms with Crippen molar-refractivity contribution in [3.8, 4) is 0 Å². The molecule has 0 spiro atoms. The molecule has 0 saturated carbocycles. The number of amides is 3. The van der Waals surface area contributed by atoms with Crippen molar-refractivity contribution in [3.05, 3.63) is 65.5 Å². The highest BCUT2D eigenvalue weighted by atomic mass is 19.1. The number of nitrogens with one attached hydrogen (secondary N) is 3. The van der Waals surface area contributed by atoms with E-state index >= 15 is 0 Å². The van der Waals surface area contributed by atoms with Gasteiger partial charge in [-0.2, -0.15) is 0 Å². The van der Waals surface area contributed by atoms with E-state index < -0.39 is 6.03 Å². The first-order chi connectivity index (χ1) is 13.0. The van der Waals surface area contributed by atoms with Gasteiger partial charge in [-0.1, -0.05) is 30.3 Å². The van der Waals surface area contributed by atoms with E-state index in [1.807, 2.05) is 12.1 Å². The van der Waals surface area contributed by atoms with Gasteiger partial charge >= 0.3 is 6.03 Å². The molecule has 27 heavy (non-hydrogen) atoms. The maximum atomic E-state index is 12.8. The Morgan fingerprint density at radius 2 is 1.74 bits per heavy atom. The number of hydrogen-bond donors (Lipinski definition) is 3. The van der Waals surface area contributed by atoms with Crippen molar-refractivity contribution in [1.29, 1.82) is 0 Å². The molecule has 2 rings (SSSR count). The van der Waals surface area contributed by atoms with Crippen molar-refractivity contribution < 1.29 is 14.0 Å². The summed E-state index contributed by atoms with van der Waals surface area (Å²) in [5, 5.41) is 2.71. The summed E-state index contributed by atoms with van der Waals surface area (Å²) in [5.41, 5.74) is 7.62. The number of aryl methyl sites for hydroxylation is 1. The molecule has 0 saturated heterocycles. The molecule has 0 heterocycles. The Kier molecular flexibility index (Phi) is 7.61. The standard InChI is InChI=1S/C20H25FN4O2/c1-3-25(18-7-5-4-6-15(18)2)13-12-22-20(27)24-23-19(26)14-16-8-10-17(21)11-9-16/h4-11H,3,12-14H2,1-2H3,(H,23,26)(H2,22,24,27). The number of carbonyl (C=O) groups is 2. The number of benzene rings is 2. The zero-order chi connectivity index (χ0) is 19.6. The minimum atomic E-state index is -0.483. The third-order valence-corrected chi connectivity index (χ3v) is 4.10. The second-order valence-electron chi connectivity index (χ2n) is 6.10. The van der Waals surface area contributed by atoms with E-state index in [9.17, 15) is 14.0 Å². The first-order valence-corrected chi connectivity index (χ1v) is 8.87. The number of likely N-dealkylation sites (N-methyl/N-ethyl adjacent to an activating group) is 1. The van der Waals surface area contributed by atoms with Gasteiger partial charge in [-0.15, -0.1) is 0 Å². The van der Waals surface area contributed by atoms with Crippen LogP contribution < -0.4 is 21.1 Å². The van der Waals surface area contributed by atoms with Crippen LogP contribution in [0.5, 0.6) is 0 Å². The van der Waals surface area contributed by atoms with Crippen molar-refractivity contribution in [2.45, 2.75) is 20.3 Å². The third kappa shape index (κ3) is 6.62.